The Balaban J connectivity index is 0.000000133. The van der Waals surface area contributed by atoms with Crippen LogP contribution >= 0.6 is 0 Å². The van der Waals surface area contributed by atoms with Crippen molar-refractivity contribution in [2.24, 2.45) is 0 Å². The number of nitrogens with zero attached hydrogens (tertiary/aromatic N) is 4. The smallest absolute Gasteiger partial charge is 0.0493 e. The Bertz CT molecular complexity index is 2290. The van der Waals surface area contributed by atoms with Gasteiger partial charge in [0.1, 0.15) is 0 Å². The van der Waals surface area contributed by atoms with Crippen LogP contribution in [0.4, 0.5) is 11.4 Å². The van der Waals surface area contributed by atoms with Crippen molar-refractivity contribution >= 4 is 45.3 Å². The van der Waals surface area contributed by atoms with Gasteiger partial charge in [-0.15, -0.1) is 0 Å². The van der Waals surface area contributed by atoms with Crippen LogP contribution in [0.1, 0.15) is 117 Å². The SMILES string of the molecule is CC(C)(C)N1c2ccccc2C=Cc2ccccc21.CC(C)(C)n1ccc2c1CCCC2.CC(C)(C)n1cccc1.CC(C)n1c2ccccc2c2ccccc21. The number of rotatable bonds is 1. The fourth-order valence-electron chi connectivity index (χ4n) is 8.24. The van der Waals surface area contributed by atoms with E-state index in [1.165, 1.54) is 70.0 Å². The van der Waals surface area contributed by atoms with E-state index in [4.69, 9.17) is 0 Å². The normalized spacial score (nSPS) is 13.6. The maximum Gasteiger partial charge on any atom is 0.0493 e. The van der Waals surface area contributed by atoms with Gasteiger partial charge in [-0.3, -0.25) is 0 Å². The Morgan fingerprint density at radius 3 is 1.40 bits per heavy atom. The summed E-state index contributed by atoms with van der Waals surface area (Å²) >= 11 is 0. The minimum Gasteiger partial charge on any atom is -0.349 e. The summed E-state index contributed by atoms with van der Waals surface area (Å²) < 4.78 is 7.04. The minimum atomic E-state index is 0.0399. The van der Waals surface area contributed by atoms with Crippen molar-refractivity contribution in [3.63, 3.8) is 0 Å². The van der Waals surface area contributed by atoms with Gasteiger partial charge in [-0.2, -0.15) is 0 Å². The Hall–Kier alpha value is -5.22. The van der Waals surface area contributed by atoms with Crippen molar-refractivity contribution in [3.05, 3.63) is 156 Å². The molecule has 4 aromatic carbocycles. The lowest BCUT2D eigenvalue weighted by molar-refractivity contribution is 0.380. The topological polar surface area (TPSA) is 18.0 Å². The van der Waals surface area contributed by atoms with Crippen LogP contribution in [0, 0.1) is 0 Å². The van der Waals surface area contributed by atoms with E-state index in [0.717, 1.165) is 0 Å². The minimum absolute atomic E-state index is 0.0399. The van der Waals surface area contributed by atoms with Crippen molar-refractivity contribution in [1.29, 1.82) is 0 Å². The van der Waals surface area contributed by atoms with E-state index in [1.807, 2.05) is 12.1 Å². The van der Waals surface area contributed by atoms with Gasteiger partial charge in [0.15, 0.2) is 0 Å². The van der Waals surface area contributed by atoms with Crippen molar-refractivity contribution in [2.45, 2.75) is 125 Å². The molecule has 0 unspecified atom stereocenters. The number of fused-ring (bicyclic) bond motifs is 6. The maximum atomic E-state index is 2.45. The molecule has 0 saturated heterocycles. The molecule has 0 saturated carbocycles. The average molecular weight is 759 g/mol. The number of benzene rings is 4. The molecule has 9 rings (SSSR count). The first kappa shape index (κ1) is 41.4. The van der Waals surface area contributed by atoms with E-state index in [2.05, 4.69) is 229 Å². The molecule has 0 amide bonds. The lowest BCUT2D eigenvalue weighted by Crippen LogP contribution is -2.38. The summed E-state index contributed by atoms with van der Waals surface area (Å²) in [6.45, 7) is 24.6. The monoisotopic (exact) mass is 759 g/mol. The number of anilines is 2. The maximum absolute atomic E-state index is 2.45. The second-order valence-electron chi connectivity index (χ2n) is 18.8. The Labute approximate surface area is 343 Å². The zero-order chi connectivity index (χ0) is 41.0. The molecule has 4 heterocycles. The second-order valence-corrected chi connectivity index (χ2v) is 18.8. The molecule has 1 aliphatic carbocycles. The van der Waals surface area contributed by atoms with Gasteiger partial charge in [0.25, 0.3) is 0 Å². The molecule has 3 aromatic heterocycles. The van der Waals surface area contributed by atoms with E-state index in [9.17, 15) is 0 Å². The largest absolute Gasteiger partial charge is 0.349 e. The molecule has 4 heteroatoms. The van der Waals surface area contributed by atoms with Gasteiger partial charge in [-0.25, -0.2) is 0 Å². The van der Waals surface area contributed by atoms with Gasteiger partial charge in [0, 0.05) is 80.1 Å². The van der Waals surface area contributed by atoms with Crippen molar-refractivity contribution < 1.29 is 0 Å². The van der Waals surface area contributed by atoms with Gasteiger partial charge >= 0.3 is 0 Å². The van der Waals surface area contributed by atoms with E-state index < -0.39 is 0 Å². The highest BCUT2D eigenvalue weighted by Crippen LogP contribution is 2.41. The summed E-state index contributed by atoms with van der Waals surface area (Å²) in [7, 11) is 0. The molecule has 2 aliphatic rings. The molecule has 298 valence electrons. The van der Waals surface area contributed by atoms with Crippen molar-refractivity contribution in [3.8, 4) is 0 Å². The molecular formula is C53H66N4. The fourth-order valence-corrected chi connectivity index (χ4v) is 8.24. The van der Waals surface area contributed by atoms with E-state index in [1.54, 1.807) is 11.3 Å². The fraction of sp³-hybridized carbons (Fsp3) is 0.358. The Morgan fingerprint density at radius 1 is 0.474 bits per heavy atom. The molecule has 1 aliphatic heterocycles. The van der Waals surface area contributed by atoms with Crippen LogP contribution in [0.15, 0.2) is 134 Å². The van der Waals surface area contributed by atoms with E-state index in [-0.39, 0.29) is 16.6 Å². The molecule has 0 atom stereocenters. The molecule has 0 bridgehead atoms. The first-order valence-electron chi connectivity index (χ1n) is 21.0. The third-order valence-corrected chi connectivity index (χ3v) is 10.9. The van der Waals surface area contributed by atoms with Gasteiger partial charge in [0.05, 0.1) is 0 Å². The van der Waals surface area contributed by atoms with Crippen molar-refractivity contribution in [2.75, 3.05) is 4.90 Å². The predicted molar refractivity (Wildman–Crippen MR) is 249 cm³/mol. The third kappa shape index (κ3) is 9.50. The van der Waals surface area contributed by atoms with Crippen LogP contribution in [0.25, 0.3) is 34.0 Å². The van der Waals surface area contributed by atoms with Crippen LogP contribution in [0.3, 0.4) is 0 Å². The Kier molecular flexibility index (Phi) is 12.4. The first-order valence-corrected chi connectivity index (χ1v) is 21.0. The molecule has 4 nitrogen and oxygen atoms in total. The molecule has 0 N–H and O–H groups in total. The highest BCUT2D eigenvalue weighted by atomic mass is 15.2. The van der Waals surface area contributed by atoms with Crippen LogP contribution in [-0.2, 0) is 23.9 Å². The van der Waals surface area contributed by atoms with Crippen LogP contribution < -0.4 is 4.90 Å². The van der Waals surface area contributed by atoms with E-state index >= 15 is 0 Å². The van der Waals surface area contributed by atoms with Gasteiger partial charge in [-0.1, -0.05) is 84.9 Å². The van der Waals surface area contributed by atoms with Gasteiger partial charge < -0.3 is 18.6 Å². The van der Waals surface area contributed by atoms with Crippen LogP contribution in [-0.4, -0.2) is 19.2 Å². The predicted octanol–water partition coefficient (Wildman–Crippen LogP) is 14.8. The summed E-state index contributed by atoms with van der Waals surface area (Å²) in [6, 6.07) is 41.3. The molecule has 0 radical (unpaired) electrons. The number of hydrogen-bond acceptors (Lipinski definition) is 1. The third-order valence-electron chi connectivity index (χ3n) is 10.9. The molecule has 57 heavy (non-hydrogen) atoms. The summed E-state index contributed by atoms with van der Waals surface area (Å²) in [4.78, 5) is 2.43. The van der Waals surface area contributed by atoms with Gasteiger partial charge in [-0.05, 0) is 161 Å². The number of hydrogen-bond donors (Lipinski definition) is 0. The quantitative estimate of drug-likeness (QED) is 0.163. The highest BCUT2D eigenvalue weighted by Gasteiger charge is 2.27. The number of para-hydroxylation sites is 4. The summed E-state index contributed by atoms with van der Waals surface area (Å²) in [5, 5.41) is 2.71. The van der Waals surface area contributed by atoms with Gasteiger partial charge in [0.2, 0.25) is 0 Å². The lowest BCUT2D eigenvalue weighted by Gasteiger charge is -2.38. The standard InChI is InChI=1S/C18H19N.C15H15N.C12H19N.C8H13N/c1-18(2,3)19-16-10-6-4-8-14(16)12-13-15-9-5-7-11-17(15)19;1-11(2)16-14-9-5-3-7-12(14)13-8-4-6-10-15(13)16;1-12(2,3)13-9-8-10-6-4-5-7-11(10)13;1-8(2,3)9-6-4-5-7-9/h4-13H,1-3H3;3-11H,1-2H3;8-9H,4-7H2,1-3H3;4-7H,1-3H3. The lowest BCUT2D eigenvalue weighted by atomic mass is 9.97. The van der Waals surface area contributed by atoms with E-state index in [0.29, 0.717) is 6.04 Å². The number of aryl methyl sites for hydroxylation is 1. The summed E-state index contributed by atoms with van der Waals surface area (Å²) in [5.41, 5.74) is 11.5. The highest BCUT2D eigenvalue weighted by molar-refractivity contribution is 6.08. The van der Waals surface area contributed by atoms with Crippen LogP contribution in [0.5, 0.6) is 0 Å². The molecule has 0 spiro atoms. The summed E-state index contributed by atoms with van der Waals surface area (Å²) in [5.74, 6) is 0. The zero-order valence-electron chi connectivity index (χ0n) is 36.6. The first-order chi connectivity index (χ1) is 27.1. The molecule has 7 aromatic rings. The Morgan fingerprint density at radius 2 is 0.947 bits per heavy atom. The second kappa shape index (κ2) is 17.1. The summed E-state index contributed by atoms with van der Waals surface area (Å²) in [6.07, 6.45) is 16.2. The van der Waals surface area contributed by atoms with Crippen molar-refractivity contribution in [1.82, 2.24) is 13.7 Å². The zero-order valence-corrected chi connectivity index (χ0v) is 36.6. The molecule has 0 fully saturated rings. The molecular weight excluding hydrogens is 693 g/mol. The van der Waals surface area contributed by atoms with Crippen LogP contribution in [0.2, 0.25) is 0 Å². The number of aromatic nitrogens is 3. The average Bonchev–Trinajstić information content (AvgIpc) is 3.92.